The molecule has 0 aliphatic carbocycles. The van der Waals surface area contributed by atoms with E-state index in [1.54, 1.807) is 0 Å². The standard InChI is InChI=1S/C22H29N3O3/c1-21(2,3)17-12-18(22(4,5)6)25(23-17)16-9-7-15(8-10-16)24-13-14(20(27)28)11-19(24)26/h7-10,12,14H,11,13H2,1-6H3,(H,27,28)/p-1/t14-/m0/s1. The average Bonchev–Trinajstić information content (AvgIpc) is 3.18. The van der Waals surface area contributed by atoms with Gasteiger partial charge in [0.1, 0.15) is 0 Å². The van der Waals surface area contributed by atoms with Gasteiger partial charge in [0, 0.05) is 47.1 Å². The van der Waals surface area contributed by atoms with E-state index in [0.29, 0.717) is 5.69 Å². The molecule has 0 bridgehead atoms. The Morgan fingerprint density at radius 3 is 2.07 bits per heavy atom. The predicted octanol–water partition coefficient (Wildman–Crippen LogP) is 2.57. The smallest absolute Gasteiger partial charge is 0.227 e. The lowest BCUT2D eigenvalue weighted by molar-refractivity contribution is -0.310. The number of carboxylic acids is 1. The quantitative estimate of drug-likeness (QED) is 0.817. The molecular formula is C22H28N3O3-. The second kappa shape index (κ2) is 6.76. The lowest BCUT2D eigenvalue weighted by Gasteiger charge is -2.21. The third-order valence-corrected chi connectivity index (χ3v) is 5.11. The monoisotopic (exact) mass is 382 g/mol. The Hall–Kier alpha value is -2.63. The summed E-state index contributed by atoms with van der Waals surface area (Å²) in [7, 11) is 0. The zero-order chi connectivity index (χ0) is 20.9. The summed E-state index contributed by atoms with van der Waals surface area (Å²) in [4.78, 5) is 24.7. The fourth-order valence-electron chi connectivity index (χ4n) is 3.37. The molecule has 3 rings (SSSR count). The lowest BCUT2D eigenvalue weighted by atomic mass is 9.88. The molecule has 1 fully saturated rings. The van der Waals surface area contributed by atoms with Gasteiger partial charge in [0.15, 0.2) is 0 Å². The normalized spacial score (nSPS) is 18.0. The minimum Gasteiger partial charge on any atom is -0.550 e. The molecule has 1 saturated heterocycles. The van der Waals surface area contributed by atoms with Gasteiger partial charge in [-0.05, 0) is 30.3 Å². The molecule has 2 heterocycles. The topological polar surface area (TPSA) is 78.3 Å². The Bertz CT molecular complexity index is 899. The van der Waals surface area contributed by atoms with Gasteiger partial charge in [-0.2, -0.15) is 5.10 Å². The number of carbonyl (C=O) groups excluding carboxylic acids is 2. The van der Waals surface area contributed by atoms with E-state index in [9.17, 15) is 14.7 Å². The molecule has 0 unspecified atom stereocenters. The number of hydrogen-bond acceptors (Lipinski definition) is 4. The van der Waals surface area contributed by atoms with Crippen molar-refractivity contribution in [1.82, 2.24) is 9.78 Å². The van der Waals surface area contributed by atoms with Gasteiger partial charge < -0.3 is 14.8 Å². The molecule has 0 N–H and O–H groups in total. The Balaban J connectivity index is 1.95. The van der Waals surface area contributed by atoms with Crippen molar-refractivity contribution in [3.05, 3.63) is 41.7 Å². The second-order valence-corrected chi connectivity index (χ2v) is 9.57. The molecule has 1 amide bonds. The van der Waals surface area contributed by atoms with Crippen molar-refractivity contribution in [1.29, 1.82) is 0 Å². The van der Waals surface area contributed by atoms with Crippen molar-refractivity contribution in [3.63, 3.8) is 0 Å². The van der Waals surface area contributed by atoms with Gasteiger partial charge in [0.25, 0.3) is 0 Å². The number of aliphatic carboxylic acids is 1. The van der Waals surface area contributed by atoms with Crippen LogP contribution in [0.1, 0.15) is 59.4 Å². The van der Waals surface area contributed by atoms with Gasteiger partial charge in [0.2, 0.25) is 5.91 Å². The molecule has 0 radical (unpaired) electrons. The van der Waals surface area contributed by atoms with Gasteiger partial charge in [-0.3, -0.25) is 4.79 Å². The molecule has 6 nitrogen and oxygen atoms in total. The average molecular weight is 382 g/mol. The van der Waals surface area contributed by atoms with Crippen LogP contribution in [0.15, 0.2) is 30.3 Å². The summed E-state index contributed by atoms with van der Waals surface area (Å²) in [5.74, 6) is -2.11. The molecule has 0 spiro atoms. The number of amides is 1. The van der Waals surface area contributed by atoms with E-state index in [1.807, 2.05) is 28.9 Å². The molecule has 1 aliphatic rings. The number of rotatable bonds is 3. The number of anilines is 1. The van der Waals surface area contributed by atoms with Crippen LogP contribution in [0.5, 0.6) is 0 Å². The summed E-state index contributed by atoms with van der Waals surface area (Å²) in [5.41, 5.74) is 3.59. The van der Waals surface area contributed by atoms with Crippen molar-refractivity contribution in [2.45, 2.75) is 58.8 Å². The predicted molar refractivity (Wildman–Crippen MR) is 106 cm³/mol. The number of carboxylic acid groups (broad SMARTS) is 1. The van der Waals surface area contributed by atoms with E-state index >= 15 is 0 Å². The first kappa shape index (κ1) is 20.1. The summed E-state index contributed by atoms with van der Waals surface area (Å²) in [6, 6.07) is 9.68. The highest BCUT2D eigenvalue weighted by molar-refractivity contribution is 5.99. The van der Waals surface area contributed by atoms with E-state index in [2.05, 4.69) is 47.6 Å². The number of benzene rings is 1. The Morgan fingerprint density at radius 1 is 1.04 bits per heavy atom. The first-order chi connectivity index (χ1) is 12.9. The van der Waals surface area contributed by atoms with Crippen LogP contribution in [-0.4, -0.2) is 28.2 Å². The summed E-state index contributed by atoms with van der Waals surface area (Å²) < 4.78 is 1.96. The number of hydrogen-bond donors (Lipinski definition) is 0. The van der Waals surface area contributed by atoms with Gasteiger partial charge in [0.05, 0.1) is 11.4 Å². The van der Waals surface area contributed by atoms with Gasteiger partial charge in [-0.15, -0.1) is 0 Å². The summed E-state index contributed by atoms with van der Waals surface area (Å²) in [6.45, 7) is 13.0. The van der Waals surface area contributed by atoms with Crippen molar-refractivity contribution >= 4 is 17.6 Å². The van der Waals surface area contributed by atoms with Crippen LogP contribution >= 0.6 is 0 Å². The first-order valence-electron chi connectivity index (χ1n) is 9.60. The van der Waals surface area contributed by atoms with Crippen molar-refractivity contribution in [3.8, 4) is 5.69 Å². The largest absolute Gasteiger partial charge is 0.550 e. The van der Waals surface area contributed by atoms with Crippen LogP contribution in [-0.2, 0) is 20.4 Å². The minimum atomic E-state index is -1.17. The zero-order valence-electron chi connectivity index (χ0n) is 17.4. The van der Waals surface area contributed by atoms with Crippen LogP contribution in [0.25, 0.3) is 5.69 Å². The number of aromatic nitrogens is 2. The van der Waals surface area contributed by atoms with Crippen molar-refractivity contribution < 1.29 is 14.7 Å². The summed E-state index contributed by atoms with van der Waals surface area (Å²) >= 11 is 0. The maximum Gasteiger partial charge on any atom is 0.227 e. The molecule has 1 atom stereocenters. The molecular weight excluding hydrogens is 354 g/mol. The van der Waals surface area contributed by atoms with E-state index in [-0.39, 0.29) is 29.7 Å². The third-order valence-electron chi connectivity index (χ3n) is 5.11. The van der Waals surface area contributed by atoms with Crippen LogP contribution < -0.4 is 10.0 Å². The SMILES string of the molecule is CC(C)(C)c1cc(C(C)(C)C)n(-c2ccc(N3C[C@@H](C(=O)[O-])CC3=O)cc2)n1. The summed E-state index contributed by atoms with van der Waals surface area (Å²) in [5, 5.41) is 15.9. The van der Waals surface area contributed by atoms with E-state index < -0.39 is 11.9 Å². The summed E-state index contributed by atoms with van der Waals surface area (Å²) in [6.07, 6.45) is -0.00758. The lowest BCUT2D eigenvalue weighted by Crippen LogP contribution is -2.33. The van der Waals surface area contributed by atoms with Crippen molar-refractivity contribution in [2.75, 3.05) is 11.4 Å². The fraction of sp³-hybridized carbons (Fsp3) is 0.500. The van der Waals surface area contributed by atoms with Gasteiger partial charge in [-0.25, -0.2) is 4.68 Å². The molecule has 1 aromatic carbocycles. The second-order valence-electron chi connectivity index (χ2n) is 9.57. The highest BCUT2D eigenvalue weighted by atomic mass is 16.4. The highest BCUT2D eigenvalue weighted by Crippen LogP contribution is 2.31. The van der Waals surface area contributed by atoms with E-state index in [1.165, 1.54) is 4.90 Å². The highest BCUT2D eigenvalue weighted by Gasteiger charge is 2.31. The molecule has 6 heteroatoms. The molecule has 1 aliphatic heterocycles. The molecule has 2 aromatic rings. The maximum atomic E-state index is 12.2. The molecule has 28 heavy (non-hydrogen) atoms. The minimum absolute atomic E-state index is 0.00758. The van der Waals surface area contributed by atoms with Crippen molar-refractivity contribution in [2.24, 2.45) is 5.92 Å². The van der Waals surface area contributed by atoms with Crippen LogP contribution in [0.2, 0.25) is 0 Å². The first-order valence-corrected chi connectivity index (χ1v) is 9.60. The molecule has 150 valence electrons. The van der Waals surface area contributed by atoms with Gasteiger partial charge in [-0.1, -0.05) is 41.5 Å². The van der Waals surface area contributed by atoms with E-state index in [4.69, 9.17) is 5.10 Å². The van der Waals surface area contributed by atoms with Crippen LogP contribution in [0.4, 0.5) is 5.69 Å². The molecule has 1 aromatic heterocycles. The Morgan fingerprint density at radius 2 is 1.61 bits per heavy atom. The Labute approximate surface area is 166 Å². The zero-order valence-corrected chi connectivity index (χ0v) is 17.4. The van der Waals surface area contributed by atoms with Gasteiger partial charge >= 0.3 is 0 Å². The fourth-order valence-corrected chi connectivity index (χ4v) is 3.37. The molecule has 0 saturated carbocycles. The Kier molecular flexibility index (Phi) is 4.86. The third kappa shape index (κ3) is 3.81. The van der Waals surface area contributed by atoms with Crippen LogP contribution in [0.3, 0.4) is 0 Å². The number of nitrogens with zero attached hydrogens (tertiary/aromatic N) is 3. The van der Waals surface area contributed by atoms with E-state index in [0.717, 1.165) is 17.1 Å². The number of carbonyl (C=O) groups is 2. The van der Waals surface area contributed by atoms with Crippen LogP contribution in [0, 0.1) is 5.92 Å². The maximum absolute atomic E-state index is 12.2.